The van der Waals surface area contributed by atoms with Crippen molar-refractivity contribution in [2.45, 2.75) is 13.1 Å². The molecule has 27 heavy (non-hydrogen) atoms. The molecule has 10 heteroatoms. The van der Waals surface area contributed by atoms with Gasteiger partial charge in [-0.2, -0.15) is 13.2 Å². The van der Waals surface area contributed by atoms with Crippen LogP contribution in [0.25, 0.3) is 0 Å². The molecule has 6 nitrogen and oxygen atoms in total. The Morgan fingerprint density at radius 3 is 2.63 bits per heavy atom. The Labute approximate surface area is 150 Å². The third kappa shape index (κ3) is 4.22. The number of alkyl halides is 3. The summed E-state index contributed by atoms with van der Waals surface area (Å²) in [6.07, 6.45) is -2.35. The minimum atomic E-state index is -4.62. The highest BCUT2D eigenvalue weighted by atomic mass is 19.4. The Balaban J connectivity index is 1.82. The van der Waals surface area contributed by atoms with Gasteiger partial charge < -0.3 is 15.1 Å². The van der Waals surface area contributed by atoms with Crippen molar-refractivity contribution in [3.05, 3.63) is 65.6 Å². The first-order valence-electron chi connectivity index (χ1n) is 7.56. The fourth-order valence-corrected chi connectivity index (χ4v) is 2.21. The van der Waals surface area contributed by atoms with Crippen LogP contribution in [0.5, 0.6) is 0 Å². The molecule has 0 aliphatic heterocycles. The number of halogens is 4. The van der Waals surface area contributed by atoms with Gasteiger partial charge >= 0.3 is 6.18 Å². The monoisotopic (exact) mass is 380 g/mol. The highest BCUT2D eigenvalue weighted by Crippen LogP contribution is 2.28. The lowest BCUT2D eigenvalue weighted by Gasteiger charge is -2.11. The van der Waals surface area contributed by atoms with Crippen LogP contribution in [0.2, 0.25) is 0 Å². The summed E-state index contributed by atoms with van der Waals surface area (Å²) in [6, 6.07) is 5.70. The molecule has 0 saturated heterocycles. The molecule has 0 unspecified atom stereocenters. The van der Waals surface area contributed by atoms with E-state index in [9.17, 15) is 22.4 Å². The second-order valence-electron chi connectivity index (χ2n) is 5.43. The van der Waals surface area contributed by atoms with E-state index >= 15 is 0 Å². The Kier molecular flexibility index (Phi) is 4.80. The number of anilines is 3. The third-order valence-electron chi connectivity index (χ3n) is 3.52. The van der Waals surface area contributed by atoms with Crippen molar-refractivity contribution in [3.8, 4) is 0 Å². The summed E-state index contributed by atoms with van der Waals surface area (Å²) in [6.45, 7) is 1.58. The predicted octanol–water partition coefficient (Wildman–Crippen LogP) is 4.53. The summed E-state index contributed by atoms with van der Waals surface area (Å²) >= 11 is 0. The van der Waals surface area contributed by atoms with Crippen LogP contribution in [-0.4, -0.2) is 15.9 Å². The van der Waals surface area contributed by atoms with E-state index in [1.54, 1.807) is 6.92 Å². The third-order valence-corrected chi connectivity index (χ3v) is 3.52. The number of aryl methyl sites for hydroxylation is 1. The van der Waals surface area contributed by atoms with Gasteiger partial charge in [0.2, 0.25) is 5.95 Å². The Bertz CT molecular complexity index is 985. The predicted molar refractivity (Wildman–Crippen MR) is 88.1 cm³/mol. The lowest BCUT2D eigenvalue weighted by molar-refractivity contribution is -0.141. The summed E-state index contributed by atoms with van der Waals surface area (Å²) in [4.78, 5) is 19.2. The minimum Gasteiger partial charge on any atom is -0.469 e. The van der Waals surface area contributed by atoms with E-state index in [-0.39, 0.29) is 22.9 Å². The number of rotatable bonds is 4. The molecule has 3 rings (SSSR count). The van der Waals surface area contributed by atoms with Crippen molar-refractivity contribution >= 4 is 23.2 Å². The molecule has 0 radical (unpaired) electrons. The molecular weight excluding hydrogens is 368 g/mol. The summed E-state index contributed by atoms with van der Waals surface area (Å²) in [5.74, 6) is -1.27. The second kappa shape index (κ2) is 7.06. The van der Waals surface area contributed by atoms with Crippen LogP contribution >= 0.6 is 0 Å². The van der Waals surface area contributed by atoms with E-state index < -0.39 is 23.6 Å². The van der Waals surface area contributed by atoms with E-state index in [2.05, 4.69) is 20.6 Å². The van der Waals surface area contributed by atoms with Crippen molar-refractivity contribution in [2.75, 3.05) is 10.6 Å². The zero-order valence-corrected chi connectivity index (χ0v) is 13.8. The smallest absolute Gasteiger partial charge is 0.433 e. The number of hydrogen-bond acceptors (Lipinski definition) is 5. The van der Waals surface area contributed by atoms with Crippen molar-refractivity contribution in [2.24, 2.45) is 0 Å². The number of aromatic nitrogens is 2. The number of hydrogen-bond donors (Lipinski definition) is 2. The normalized spacial score (nSPS) is 11.3. The molecule has 2 N–H and O–H groups in total. The van der Waals surface area contributed by atoms with Crippen LogP contribution < -0.4 is 10.6 Å². The molecule has 1 aromatic carbocycles. The number of nitrogens with zero attached hydrogens (tertiary/aromatic N) is 2. The molecule has 0 aliphatic rings. The van der Waals surface area contributed by atoms with Crippen LogP contribution in [-0.2, 0) is 6.18 Å². The van der Waals surface area contributed by atoms with Gasteiger partial charge in [0.25, 0.3) is 5.91 Å². The molecule has 0 fully saturated rings. The van der Waals surface area contributed by atoms with E-state index in [0.29, 0.717) is 5.76 Å². The number of furan rings is 1. The fraction of sp³-hybridized carbons (Fsp3) is 0.118. The number of nitrogens with one attached hydrogen (secondary N) is 2. The van der Waals surface area contributed by atoms with Crippen LogP contribution in [0.4, 0.5) is 34.9 Å². The van der Waals surface area contributed by atoms with Crippen molar-refractivity contribution < 1.29 is 26.8 Å². The van der Waals surface area contributed by atoms with Crippen molar-refractivity contribution in [1.82, 2.24) is 9.97 Å². The maximum Gasteiger partial charge on any atom is 0.433 e. The summed E-state index contributed by atoms with van der Waals surface area (Å²) in [7, 11) is 0. The highest BCUT2D eigenvalue weighted by molar-refractivity contribution is 6.05. The largest absolute Gasteiger partial charge is 0.469 e. The van der Waals surface area contributed by atoms with Crippen molar-refractivity contribution in [1.29, 1.82) is 0 Å². The maximum absolute atomic E-state index is 14.0. The molecule has 2 aromatic heterocycles. The molecule has 140 valence electrons. The second-order valence-corrected chi connectivity index (χ2v) is 5.43. The Hall–Kier alpha value is -3.43. The average molecular weight is 380 g/mol. The van der Waals surface area contributed by atoms with Gasteiger partial charge in [0, 0.05) is 11.9 Å². The highest BCUT2D eigenvalue weighted by Gasteiger charge is 2.32. The van der Waals surface area contributed by atoms with Crippen LogP contribution in [0.15, 0.2) is 47.2 Å². The Morgan fingerprint density at radius 1 is 1.19 bits per heavy atom. The zero-order valence-electron chi connectivity index (χ0n) is 13.8. The van der Waals surface area contributed by atoms with Gasteiger partial charge in [0.05, 0.1) is 17.5 Å². The van der Waals surface area contributed by atoms with Gasteiger partial charge in [-0.05, 0) is 37.3 Å². The first kappa shape index (κ1) is 18.4. The number of carbonyl (C=O) groups excluding carboxylic acids is 1. The maximum atomic E-state index is 14.0. The van der Waals surface area contributed by atoms with E-state index in [1.807, 2.05) is 0 Å². The van der Waals surface area contributed by atoms with Crippen LogP contribution in [0.3, 0.4) is 0 Å². The van der Waals surface area contributed by atoms with E-state index in [0.717, 1.165) is 18.3 Å². The lowest BCUT2D eigenvalue weighted by atomic mass is 10.2. The molecule has 3 aromatic rings. The summed E-state index contributed by atoms with van der Waals surface area (Å²) in [5, 5.41) is 4.93. The van der Waals surface area contributed by atoms with Gasteiger partial charge in [0.15, 0.2) is 0 Å². The van der Waals surface area contributed by atoms with Crippen LogP contribution in [0, 0.1) is 12.7 Å². The van der Waals surface area contributed by atoms with E-state index in [1.165, 1.54) is 24.5 Å². The van der Waals surface area contributed by atoms with Gasteiger partial charge in [-0.25, -0.2) is 14.4 Å². The minimum absolute atomic E-state index is 0.169. The molecular formula is C17H12F4N4O2. The zero-order chi connectivity index (χ0) is 19.6. The molecule has 0 saturated carbocycles. The number of amides is 1. The topological polar surface area (TPSA) is 80.0 Å². The first-order valence-corrected chi connectivity index (χ1v) is 7.56. The van der Waals surface area contributed by atoms with Gasteiger partial charge in [-0.15, -0.1) is 0 Å². The fourth-order valence-electron chi connectivity index (χ4n) is 2.21. The quantitative estimate of drug-likeness (QED) is 0.650. The number of benzene rings is 1. The first-order chi connectivity index (χ1) is 12.7. The molecule has 2 heterocycles. The molecule has 0 bridgehead atoms. The molecule has 0 aliphatic carbocycles. The summed E-state index contributed by atoms with van der Waals surface area (Å²) in [5.41, 5.74) is -0.868. The van der Waals surface area contributed by atoms with Gasteiger partial charge in [-0.3, -0.25) is 4.79 Å². The number of carbonyl (C=O) groups is 1. The Morgan fingerprint density at radius 2 is 1.96 bits per heavy atom. The SMILES string of the molecule is Cc1occc1C(=O)Nc1cc(Nc2nccc(C(F)(F)F)n2)ccc1F. The standard InChI is InChI=1S/C17H12F4N4O2/c1-9-11(5-7-27-9)15(26)24-13-8-10(2-3-12(13)18)23-16-22-6-4-14(25-16)17(19,20)21/h2-8H,1H3,(H,24,26)(H,22,23,25). The average Bonchev–Trinajstić information content (AvgIpc) is 3.03. The van der Waals surface area contributed by atoms with Gasteiger partial charge in [-0.1, -0.05) is 0 Å². The van der Waals surface area contributed by atoms with Crippen LogP contribution in [0.1, 0.15) is 21.8 Å². The molecule has 0 spiro atoms. The van der Waals surface area contributed by atoms with Gasteiger partial charge in [0.1, 0.15) is 17.3 Å². The molecule has 0 atom stereocenters. The van der Waals surface area contributed by atoms with E-state index in [4.69, 9.17) is 4.42 Å². The summed E-state index contributed by atoms with van der Waals surface area (Å²) < 4.78 is 57.1. The lowest BCUT2D eigenvalue weighted by Crippen LogP contribution is -2.13. The van der Waals surface area contributed by atoms with Crippen molar-refractivity contribution in [3.63, 3.8) is 0 Å². The molecule has 1 amide bonds.